The van der Waals surface area contributed by atoms with Gasteiger partial charge < -0.3 is 4.90 Å². The maximum atomic E-state index is 11.6. The van der Waals surface area contributed by atoms with Crippen molar-refractivity contribution in [3.05, 3.63) is 16.5 Å². The molecule has 0 aromatic carbocycles. The third-order valence-electron chi connectivity index (χ3n) is 1.85. The first-order valence-corrected chi connectivity index (χ1v) is 7.18. The largest absolute Gasteiger partial charge is 0.345 e. The number of nitrogens with zero attached hydrogens (tertiary/aromatic N) is 1. The number of hydrogen-bond acceptors (Lipinski definition) is 4. The van der Waals surface area contributed by atoms with Crippen molar-refractivity contribution in [2.45, 2.75) is 11.1 Å². The van der Waals surface area contributed by atoms with Gasteiger partial charge in [0.2, 0.25) is 0 Å². The van der Waals surface area contributed by atoms with Crippen LogP contribution in [0.2, 0.25) is 0 Å². The zero-order valence-corrected chi connectivity index (χ0v) is 10.8. The number of carbonyl (C=O) groups is 1. The number of thiophene rings is 1. The lowest BCUT2D eigenvalue weighted by molar-refractivity contribution is 0.0827. The highest BCUT2D eigenvalue weighted by atomic mass is 35.7. The first-order chi connectivity index (χ1) is 6.75. The molecule has 0 saturated heterocycles. The van der Waals surface area contributed by atoms with Gasteiger partial charge in [-0.1, -0.05) is 0 Å². The smallest absolute Gasteiger partial charge is 0.271 e. The number of rotatable bonds is 2. The van der Waals surface area contributed by atoms with Crippen LogP contribution in [-0.4, -0.2) is 33.3 Å². The average molecular weight is 268 g/mol. The summed E-state index contributed by atoms with van der Waals surface area (Å²) in [5.41, 5.74) is 0.790. The Morgan fingerprint density at radius 1 is 1.47 bits per heavy atom. The van der Waals surface area contributed by atoms with E-state index in [1.54, 1.807) is 21.0 Å². The minimum absolute atomic E-state index is 0.0365. The normalized spacial score (nSPS) is 11.5. The number of halogens is 1. The van der Waals surface area contributed by atoms with Gasteiger partial charge in [0.15, 0.2) is 0 Å². The third kappa shape index (κ3) is 2.50. The predicted molar refractivity (Wildman–Crippen MR) is 60.1 cm³/mol. The van der Waals surface area contributed by atoms with Crippen LogP contribution in [0.5, 0.6) is 0 Å². The quantitative estimate of drug-likeness (QED) is 0.766. The maximum absolute atomic E-state index is 11.6. The molecule has 4 nitrogen and oxygen atoms in total. The molecule has 0 radical (unpaired) electrons. The van der Waals surface area contributed by atoms with Gasteiger partial charge >= 0.3 is 0 Å². The van der Waals surface area contributed by atoms with Crippen LogP contribution in [-0.2, 0) is 9.05 Å². The summed E-state index contributed by atoms with van der Waals surface area (Å²) in [7, 11) is 4.68. The summed E-state index contributed by atoms with van der Waals surface area (Å²) in [6.07, 6.45) is 0. The highest BCUT2D eigenvalue weighted by Crippen LogP contribution is 2.29. The lowest BCUT2D eigenvalue weighted by atomic mass is 10.2. The van der Waals surface area contributed by atoms with Crippen molar-refractivity contribution >= 4 is 37.0 Å². The molecule has 0 fully saturated rings. The molecule has 0 bridgehead atoms. The van der Waals surface area contributed by atoms with Gasteiger partial charge in [-0.05, 0) is 12.5 Å². The first-order valence-electron chi connectivity index (χ1n) is 3.99. The Morgan fingerprint density at radius 3 is 2.33 bits per heavy atom. The van der Waals surface area contributed by atoms with Crippen molar-refractivity contribution in [1.29, 1.82) is 0 Å². The Kier molecular flexibility index (Phi) is 3.42. The van der Waals surface area contributed by atoms with E-state index in [0.29, 0.717) is 11.1 Å². The predicted octanol–water partition coefficient (Wildman–Crippen LogP) is 1.69. The van der Waals surface area contributed by atoms with Gasteiger partial charge in [0, 0.05) is 30.2 Å². The van der Waals surface area contributed by atoms with Gasteiger partial charge in [0.25, 0.3) is 15.0 Å². The second-order valence-electron chi connectivity index (χ2n) is 3.20. The SMILES string of the molecule is Cc1c(C(=O)N(C)C)csc1S(=O)(=O)Cl. The fraction of sp³-hybridized carbons (Fsp3) is 0.375. The molecule has 84 valence electrons. The van der Waals surface area contributed by atoms with Gasteiger partial charge in [0.05, 0.1) is 5.56 Å². The van der Waals surface area contributed by atoms with E-state index in [1.807, 2.05) is 0 Å². The second kappa shape index (κ2) is 4.11. The van der Waals surface area contributed by atoms with E-state index in [9.17, 15) is 13.2 Å². The summed E-state index contributed by atoms with van der Waals surface area (Å²) in [5, 5.41) is 1.51. The minimum atomic E-state index is -3.75. The summed E-state index contributed by atoms with van der Waals surface area (Å²) in [6.45, 7) is 1.57. The minimum Gasteiger partial charge on any atom is -0.345 e. The van der Waals surface area contributed by atoms with Gasteiger partial charge in [-0.15, -0.1) is 11.3 Å². The Morgan fingerprint density at radius 2 is 2.00 bits per heavy atom. The van der Waals surface area contributed by atoms with Crippen molar-refractivity contribution in [1.82, 2.24) is 4.90 Å². The summed E-state index contributed by atoms with van der Waals surface area (Å²) >= 11 is 0.961. The van der Waals surface area contributed by atoms with Gasteiger partial charge in [0.1, 0.15) is 4.21 Å². The lowest BCUT2D eigenvalue weighted by Gasteiger charge is -2.09. The zero-order chi connectivity index (χ0) is 11.8. The number of hydrogen-bond donors (Lipinski definition) is 0. The van der Waals surface area contributed by atoms with Crippen molar-refractivity contribution in [3.63, 3.8) is 0 Å². The van der Waals surface area contributed by atoms with Crippen LogP contribution in [0.3, 0.4) is 0 Å². The molecule has 0 saturated carbocycles. The molecule has 0 atom stereocenters. The molecule has 15 heavy (non-hydrogen) atoms. The standard InChI is InChI=1S/C8H10ClNO3S2/c1-5-6(7(11)10(2)3)4-14-8(5)15(9,12)13/h4H,1-3H3. The van der Waals surface area contributed by atoms with Crippen LogP contribution in [0.25, 0.3) is 0 Å². The number of amides is 1. The highest BCUT2D eigenvalue weighted by molar-refractivity contribution is 8.15. The summed E-state index contributed by atoms with van der Waals surface area (Å²) in [6, 6.07) is 0. The first kappa shape index (κ1) is 12.5. The van der Waals surface area contributed by atoms with E-state index < -0.39 is 9.05 Å². The monoisotopic (exact) mass is 267 g/mol. The van der Waals surface area contributed by atoms with Crippen molar-refractivity contribution in [3.8, 4) is 0 Å². The Balaban J connectivity index is 3.28. The van der Waals surface area contributed by atoms with Gasteiger partial charge in [-0.3, -0.25) is 4.79 Å². The Hall–Kier alpha value is -0.590. The molecular weight excluding hydrogens is 258 g/mol. The molecule has 0 aliphatic rings. The molecule has 1 amide bonds. The van der Waals surface area contributed by atoms with Gasteiger partial charge in [-0.25, -0.2) is 8.42 Å². The molecular formula is C8H10ClNO3S2. The van der Waals surface area contributed by atoms with Gasteiger partial charge in [-0.2, -0.15) is 0 Å². The molecule has 7 heteroatoms. The summed E-state index contributed by atoms with van der Waals surface area (Å²) < 4.78 is 22.3. The van der Waals surface area contributed by atoms with Crippen LogP contribution in [0.1, 0.15) is 15.9 Å². The van der Waals surface area contributed by atoms with Crippen molar-refractivity contribution < 1.29 is 13.2 Å². The van der Waals surface area contributed by atoms with E-state index in [1.165, 1.54) is 10.3 Å². The fourth-order valence-electron chi connectivity index (χ4n) is 1.09. The van der Waals surface area contributed by atoms with E-state index in [4.69, 9.17) is 10.7 Å². The zero-order valence-electron chi connectivity index (χ0n) is 8.44. The van der Waals surface area contributed by atoms with Crippen LogP contribution in [0, 0.1) is 6.92 Å². The van der Waals surface area contributed by atoms with Crippen LogP contribution >= 0.6 is 22.0 Å². The van der Waals surface area contributed by atoms with E-state index in [-0.39, 0.29) is 10.1 Å². The summed E-state index contributed by atoms with van der Waals surface area (Å²) in [5.74, 6) is -0.227. The van der Waals surface area contributed by atoms with Crippen LogP contribution in [0.4, 0.5) is 0 Å². The van der Waals surface area contributed by atoms with E-state index in [2.05, 4.69) is 0 Å². The van der Waals surface area contributed by atoms with Crippen LogP contribution in [0.15, 0.2) is 9.59 Å². The fourth-order valence-corrected chi connectivity index (χ4v) is 3.63. The van der Waals surface area contributed by atoms with E-state index in [0.717, 1.165) is 11.3 Å². The third-order valence-corrected chi connectivity index (χ3v) is 5.16. The number of carbonyl (C=O) groups excluding carboxylic acids is 1. The topological polar surface area (TPSA) is 54.5 Å². The Bertz CT molecular complexity index is 490. The molecule has 1 aromatic rings. The van der Waals surface area contributed by atoms with Crippen molar-refractivity contribution in [2.75, 3.05) is 14.1 Å². The average Bonchev–Trinajstić information content (AvgIpc) is 2.44. The van der Waals surface area contributed by atoms with E-state index >= 15 is 0 Å². The maximum Gasteiger partial charge on any atom is 0.271 e. The molecule has 0 unspecified atom stereocenters. The summed E-state index contributed by atoms with van der Waals surface area (Å²) in [4.78, 5) is 13.0. The van der Waals surface area contributed by atoms with Crippen molar-refractivity contribution in [2.24, 2.45) is 0 Å². The highest BCUT2D eigenvalue weighted by Gasteiger charge is 2.22. The lowest BCUT2D eigenvalue weighted by Crippen LogP contribution is -2.21. The Labute approximate surface area is 96.9 Å². The molecule has 0 N–H and O–H groups in total. The molecule has 0 spiro atoms. The second-order valence-corrected chi connectivity index (χ2v) is 6.84. The molecule has 0 aliphatic heterocycles. The molecule has 0 aliphatic carbocycles. The van der Waals surface area contributed by atoms with Crippen LogP contribution < -0.4 is 0 Å². The molecule has 1 rings (SSSR count). The molecule has 1 aromatic heterocycles. The molecule has 1 heterocycles.